The van der Waals surface area contributed by atoms with Crippen LogP contribution in [0.5, 0.6) is 0 Å². The number of halogens is 1. The lowest BCUT2D eigenvalue weighted by Crippen LogP contribution is -2.34. The lowest BCUT2D eigenvalue weighted by molar-refractivity contribution is -0.137. The Balaban J connectivity index is 1.49. The Morgan fingerprint density at radius 3 is 2.55 bits per heavy atom. The second-order valence-corrected chi connectivity index (χ2v) is 10.9. The fraction of sp³-hybridized carbons (Fsp3) is 0.348. The quantitative estimate of drug-likeness (QED) is 0.464. The van der Waals surface area contributed by atoms with E-state index in [0.29, 0.717) is 5.02 Å². The first-order valence-corrected chi connectivity index (χ1v) is 12.8. The highest BCUT2D eigenvalue weighted by atomic mass is 35.5. The zero-order valence-electron chi connectivity index (χ0n) is 17.3. The molecule has 0 amide bonds. The van der Waals surface area contributed by atoms with Gasteiger partial charge in [-0.25, -0.2) is 8.51 Å². The molecule has 0 aliphatic carbocycles. The molecule has 1 N–H and O–H groups in total. The molecule has 1 fully saturated rings. The number of hydrogen-bond acceptors (Lipinski definition) is 3. The fourth-order valence-corrected chi connectivity index (χ4v) is 6.24. The van der Waals surface area contributed by atoms with Crippen LogP contribution in [0, 0.1) is 0 Å². The lowest BCUT2D eigenvalue weighted by atomic mass is 9.90. The fourth-order valence-electron chi connectivity index (χ4n) is 4.20. The Bertz CT molecular complexity index is 1110. The van der Waals surface area contributed by atoms with E-state index in [0.717, 1.165) is 53.0 Å². The van der Waals surface area contributed by atoms with Crippen LogP contribution in [0.3, 0.4) is 0 Å². The van der Waals surface area contributed by atoms with Crippen molar-refractivity contribution in [3.63, 3.8) is 0 Å². The predicted octanol–water partition coefficient (Wildman–Crippen LogP) is 5.39. The highest BCUT2D eigenvalue weighted by Gasteiger charge is 2.27. The molecule has 4 rings (SSSR count). The number of rotatable bonds is 7. The maximum absolute atomic E-state index is 13.0. The van der Waals surface area contributed by atoms with Crippen LogP contribution in [0.1, 0.15) is 31.2 Å². The van der Waals surface area contributed by atoms with Crippen LogP contribution in [0.2, 0.25) is 5.02 Å². The number of piperidine rings is 1. The molecule has 164 valence electrons. The molecular weight excluding hydrogens is 452 g/mol. The molecule has 3 aromatic rings. The molecule has 2 heterocycles. The molecule has 8 heteroatoms. The number of carboxylic acid groups (broad SMARTS) is 1. The molecule has 1 aromatic heterocycles. The van der Waals surface area contributed by atoms with Crippen LogP contribution in [-0.2, 0) is 22.3 Å². The second kappa shape index (κ2) is 9.77. The lowest BCUT2D eigenvalue weighted by Gasteiger charge is -2.30. The molecule has 0 saturated carbocycles. The van der Waals surface area contributed by atoms with Crippen molar-refractivity contribution in [2.75, 3.05) is 18.8 Å². The summed E-state index contributed by atoms with van der Waals surface area (Å²) in [7, 11) is -1.17. The maximum Gasteiger partial charge on any atom is 0.323 e. The van der Waals surface area contributed by atoms with E-state index in [-0.39, 0.29) is 12.5 Å². The number of aromatic nitrogens is 1. The third-order valence-corrected chi connectivity index (χ3v) is 8.28. The molecule has 1 aliphatic heterocycles. The van der Waals surface area contributed by atoms with Crippen LogP contribution in [0.25, 0.3) is 10.9 Å². The molecule has 2 aromatic carbocycles. The van der Waals surface area contributed by atoms with E-state index in [1.165, 1.54) is 4.90 Å². The van der Waals surface area contributed by atoms with E-state index in [2.05, 4.69) is 6.92 Å². The van der Waals surface area contributed by atoms with E-state index in [1.54, 1.807) is 22.4 Å². The highest BCUT2D eigenvalue weighted by Crippen LogP contribution is 2.36. The number of hydrogen-bond donors (Lipinski definition) is 1. The van der Waals surface area contributed by atoms with Crippen molar-refractivity contribution in [3.05, 3.63) is 59.2 Å². The molecule has 1 unspecified atom stereocenters. The molecule has 1 aliphatic rings. The zero-order valence-corrected chi connectivity index (χ0v) is 19.7. The van der Waals surface area contributed by atoms with Gasteiger partial charge in [-0.3, -0.25) is 4.79 Å². The second-order valence-electron chi connectivity index (χ2n) is 7.62. The van der Waals surface area contributed by atoms with Gasteiger partial charge in [0.25, 0.3) is 0 Å². The third kappa shape index (κ3) is 5.00. The van der Waals surface area contributed by atoms with Gasteiger partial charge in [-0.1, -0.05) is 18.5 Å². The Hall–Kier alpha value is -1.80. The van der Waals surface area contributed by atoms with E-state index in [1.807, 2.05) is 46.9 Å². The number of thioether (sulfide) groups is 1. The number of carboxylic acids is 1. The van der Waals surface area contributed by atoms with Gasteiger partial charge in [0, 0.05) is 40.1 Å². The summed E-state index contributed by atoms with van der Waals surface area (Å²) in [5.74, 6) is 0.434. The van der Waals surface area contributed by atoms with Gasteiger partial charge in [-0.2, -0.15) is 0 Å². The number of nitrogens with zero attached hydrogens (tertiary/aromatic N) is 2. The Morgan fingerprint density at radius 1 is 1.19 bits per heavy atom. The van der Waals surface area contributed by atoms with Gasteiger partial charge in [-0.05, 0) is 72.5 Å². The Kier molecular flexibility index (Phi) is 7.06. The van der Waals surface area contributed by atoms with Crippen molar-refractivity contribution < 1.29 is 14.1 Å². The van der Waals surface area contributed by atoms with E-state index in [4.69, 9.17) is 11.6 Å². The number of aliphatic carboxylic acids is 1. The van der Waals surface area contributed by atoms with Gasteiger partial charge < -0.3 is 9.67 Å². The normalized spacial score (nSPS) is 16.6. The summed E-state index contributed by atoms with van der Waals surface area (Å²) in [5, 5.41) is 10.9. The topological polar surface area (TPSA) is 62.5 Å². The maximum atomic E-state index is 13.0. The molecule has 1 saturated heterocycles. The van der Waals surface area contributed by atoms with Gasteiger partial charge in [-0.15, -0.1) is 11.8 Å². The van der Waals surface area contributed by atoms with Crippen molar-refractivity contribution >= 4 is 51.2 Å². The van der Waals surface area contributed by atoms with Crippen LogP contribution in [0.4, 0.5) is 0 Å². The Labute approximate surface area is 194 Å². The van der Waals surface area contributed by atoms with Crippen LogP contribution in [-0.4, -0.2) is 43.0 Å². The van der Waals surface area contributed by atoms with Gasteiger partial charge in [0.1, 0.15) is 17.5 Å². The third-order valence-electron chi connectivity index (χ3n) is 5.64. The van der Waals surface area contributed by atoms with Gasteiger partial charge in [0.05, 0.1) is 4.90 Å². The Morgan fingerprint density at radius 2 is 1.90 bits per heavy atom. The molecule has 31 heavy (non-hydrogen) atoms. The highest BCUT2D eigenvalue weighted by molar-refractivity contribution is 7.99. The van der Waals surface area contributed by atoms with Crippen LogP contribution >= 0.6 is 23.4 Å². The summed E-state index contributed by atoms with van der Waals surface area (Å²) in [6.07, 6.45) is 3.69. The van der Waals surface area contributed by atoms with Gasteiger partial charge in [0.2, 0.25) is 0 Å². The minimum Gasteiger partial charge on any atom is -0.480 e. The van der Waals surface area contributed by atoms with Crippen molar-refractivity contribution in [1.82, 2.24) is 8.87 Å². The zero-order chi connectivity index (χ0) is 22.0. The molecular formula is C23H25ClN2O3S2. The van der Waals surface area contributed by atoms with E-state index in [9.17, 15) is 14.1 Å². The van der Waals surface area contributed by atoms with E-state index >= 15 is 0 Å². The van der Waals surface area contributed by atoms with Crippen molar-refractivity contribution in [1.29, 1.82) is 0 Å². The largest absolute Gasteiger partial charge is 0.480 e. The minimum absolute atomic E-state index is 0.0761. The van der Waals surface area contributed by atoms with Crippen LogP contribution < -0.4 is 0 Å². The molecule has 1 atom stereocenters. The average Bonchev–Trinajstić information content (AvgIpc) is 3.11. The summed E-state index contributed by atoms with van der Waals surface area (Å²) in [6, 6.07) is 13.6. The summed E-state index contributed by atoms with van der Waals surface area (Å²) in [6.45, 7) is 3.50. The van der Waals surface area contributed by atoms with Gasteiger partial charge >= 0.3 is 5.97 Å². The smallest absolute Gasteiger partial charge is 0.323 e. The molecule has 0 bridgehead atoms. The monoisotopic (exact) mass is 476 g/mol. The predicted molar refractivity (Wildman–Crippen MR) is 127 cm³/mol. The molecule has 5 nitrogen and oxygen atoms in total. The molecule has 0 spiro atoms. The summed E-state index contributed by atoms with van der Waals surface area (Å²) >= 11 is 8.01. The summed E-state index contributed by atoms with van der Waals surface area (Å²) < 4.78 is 16.8. The first-order chi connectivity index (χ1) is 15.0. The SMILES string of the molecule is CCSc1ccc(S(=O)N2CCC(c3cn(CC(=O)O)c4ccc(Cl)cc34)CC2)cc1. The van der Waals surface area contributed by atoms with E-state index < -0.39 is 17.0 Å². The summed E-state index contributed by atoms with van der Waals surface area (Å²) in [4.78, 5) is 13.3. The van der Waals surface area contributed by atoms with Crippen molar-refractivity contribution in [3.8, 4) is 0 Å². The first kappa shape index (κ1) is 22.4. The number of fused-ring (bicyclic) bond motifs is 1. The first-order valence-electron chi connectivity index (χ1n) is 10.4. The summed E-state index contributed by atoms with van der Waals surface area (Å²) in [5.41, 5.74) is 2.02. The van der Waals surface area contributed by atoms with Crippen molar-refractivity contribution in [2.45, 2.75) is 42.0 Å². The molecule has 0 radical (unpaired) electrons. The van der Waals surface area contributed by atoms with Gasteiger partial charge in [0.15, 0.2) is 0 Å². The number of carbonyl (C=O) groups is 1. The standard InChI is InChI=1S/C23H25ClN2O3S2/c1-2-30-18-4-6-19(7-5-18)31(29)26-11-9-16(10-12-26)21-14-25(15-23(27)28)22-8-3-17(24)13-20(21)22/h3-8,13-14,16H,2,9-12,15H2,1H3,(H,27,28). The average molecular weight is 477 g/mol. The minimum atomic E-state index is -1.17. The van der Waals surface area contributed by atoms with Crippen molar-refractivity contribution in [2.24, 2.45) is 0 Å². The number of benzene rings is 2. The van der Waals surface area contributed by atoms with Crippen LogP contribution in [0.15, 0.2) is 58.5 Å².